The number of fused-ring (bicyclic) bond motifs is 3. The fourth-order valence-electron chi connectivity index (χ4n) is 5.06. The Morgan fingerprint density at radius 2 is 1.38 bits per heavy atom. The van der Waals surface area contributed by atoms with Gasteiger partial charge < -0.3 is 5.21 Å². The molecule has 3 aliphatic carbocycles. The maximum Gasteiger partial charge on any atom is 0.186 e. The second-order valence-electron chi connectivity index (χ2n) is 7.71. The third kappa shape index (κ3) is 2.40. The first kappa shape index (κ1) is 17.0. The fourth-order valence-corrected chi connectivity index (χ4v) is 5.06. The quantitative estimate of drug-likeness (QED) is 0.680. The number of ketones is 1. The van der Waals surface area contributed by atoms with Crippen LogP contribution in [0, 0.1) is 5.92 Å². The van der Waals surface area contributed by atoms with E-state index in [9.17, 15) is 10.0 Å². The van der Waals surface area contributed by atoms with Crippen LogP contribution in [0.3, 0.4) is 0 Å². The molecule has 3 aliphatic rings. The topological polar surface area (TPSA) is 52.9 Å². The summed E-state index contributed by atoms with van der Waals surface area (Å²) in [7, 11) is 3.96. The highest BCUT2D eigenvalue weighted by Gasteiger charge is 2.61. The molecule has 2 aromatic carbocycles. The van der Waals surface area contributed by atoms with Crippen molar-refractivity contribution in [2.75, 3.05) is 14.1 Å². The summed E-state index contributed by atoms with van der Waals surface area (Å²) < 4.78 is 0. The van der Waals surface area contributed by atoms with E-state index < -0.39 is 5.54 Å². The maximum absolute atomic E-state index is 13.4. The van der Waals surface area contributed by atoms with Gasteiger partial charge in [0, 0.05) is 5.92 Å². The zero-order chi connectivity index (χ0) is 18.3. The standard InChI is InChI=1S/C22H24N2O2/c1-24(2)22-13-17(15-9-5-3-6-10-15)19(20(25)21(22)23-26)18(14-22)16-11-7-4-8-12-16/h3-12,17-19,26H,13-14H2,1-2H3/b23-21+/t17-,18-,19?,22?/m0/s1. The maximum atomic E-state index is 13.4. The van der Waals surface area contributed by atoms with Crippen LogP contribution in [0.1, 0.15) is 35.8 Å². The second-order valence-corrected chi connectivity index (χ2v) is 7.71. The molecule has 0 unspecified atom stereocenters. The van der Waals surface area contributed by atoms with Crippen molar-refractivity contribution in [3.8, 4) is 0 Å². The number of carbonyl (C=O) groups excluding carboxylic acids is 1. The van der Waals surface area contributed by atoms with Gasteiger partial charge in [-0.05, 0) is 49.9 Å². The first-order valence-corrected chi connectivity index (χ1v) is 9.12. The minimum Gasteiger partial charge on any atom is -0.410 e. The minimum absolute atomic E-state index is 0.0126. The molecule has 0 heterocycles. The van der Waals surface area contributed by atoms with E-state index in [1.807, 2.05) is 50.5 Å². The van der Waals surface area contributed by atoms with E-state index >= 15 is 0 Å². The molecule has 0 aliphatic heterocycles. The lowest BCUT2D eigenvalue weighted by Gasteiger charge is -2.56. The minimum atomic E-state index is -0.540. The molecular weight excluding hydrogens is 324 g/mol. The largest absolute Gasteiger partial charge is 0.410 e. The highest BCUT2D eigenvalue weighted by molar-refractivity contribution is 6.45. The summed E-state index contributed by atoms with van der Waals surface area (Å²) in [6.07, 6.45) is 1.59. The first-order valence-electron chi connectivity index (χ1n) is 9.12. The molecule has 3 saturated carbocycles. The van der Waals surface area contributed by atoms with Crippen molar-refractivity contribution in [1.29, 1.82) is 0 Å². The van der Waals surface area contributed by atoms with Gasteiger partial charge in [0.2, 0.25) is 0 Å². The van der Waals surface area contributed by atoms with Crippen LogP contribution in [0.5, 0.6) is 0 Å². The van der Waals surface area contributed by atoms with E-state index in [1.165, 1.54) is 11.1 Å². The molecule has 2 bridgehead atoms. The Kier molecular flexibility index (Phi) is 4.16. The van der Waals surface area contributed by atoms with Crippen LogP contribution in [0.25, 0.3) is 0 Å². The number of Topliss-reactive ketones (excluding diaryl/α,β-unsaturated/α-hetero) is 1. The van der Waals surface area contributed by atoms with Crippen LogP contribution < -0.4 is 0 Å². The summed E-state index contributed by atoms with van der Waals surface area (Å²) in [5, 5.41) is 13.1. The molecule has 0 radical (unpaired) electrons. The van der Waals surface area contributed by atoms with E-state index in [1.54, 1.807) is 0 Å². The Labute approximate surface area is 154 Å². The van der Waals surface area contributed by atoms with Crippen molar-refractivity contribution in [1.82, 2.24) is 4.90 Å². The van der Waals surface area contributed by atoms with Crippen LogP contribution >= 0.6 is 0 Å². The highest BCUT2D eigenvalue weighted by atomic mass is 16.4. The van der Waals surface area contributed by atoms with Gasteiger partial charge in [0.15, 0.2) is 5.78 Å². The summed E-state index contributed by atoms with van der Waals surface area (Å²) in [6, 6.07) is 20.6. The van der Waals surface area contributed by atoms with Crippen LogP contribution in [0.4, 0.5) is 0 Å². The van der Waals surface area contributed by atoms with Crippen LogP contribution in [0.2, 0.25) is 0 Å². The number of rotatable bonds is 3. The zero-order valence-electron chi connectivity index (χ0n) is 15.2. The van der Waals surface area contributed by atoms with Crippen molar-refractivity contribution in [2.45, 2.75) is 30.2 Å². The average Bonchev–Trinajstić information content (AvgIpc) is 2.69. The number of carbonyl (C=O) groups is 1. The number of hydrogen-bond donors (Lipinski definition) is 1. The van der Waals surface area contributed by atoms with Crippen LogP contribution in [-0.2, 0) is 4.79 Å². The van der Waals surface area contributed by atoms with E-state index in [0.29, 0.717) is 5.71 Å². The summed E-state index contributed by atoms with van der Waals surface area (Å²) in [4.78, 5) is 15.4. The number of oxime groups is 1. The summed E-state index contributed by atoms with van der Waals surface area (Å²) in [5.74, 6) is 0.0417. The molecule has 4 heteroatoms. The SMILES string of the molecule is CN(C)C12C[C@@H](c3ccccc3)C(C(=O)/C1=N\O)[C@H](c1ccccc1)C2. The third-order valence-electron chi connectivity index (χ3n) is 6.37. The summed E-state index contributed by atoms with van der Waals surface area (Å²) in [6.45, 7) is 0. The van der Waals surface area contributed by atoms with Crippen molar-refractivity contribution in [3.63, 3.8) is 0 Å². The molecule has 0 spiro atoms. The highest BCUT2D eigenvalue weighted by Crippen LogP contribution is 2.56. The van der Waals surface area contributed by atoms with Gasteiger partial charge in [0.05, 0.1) is 5.54 Å². The molecule has 2 aromatic rings. The van der Waals surface area contributed by atoms with Crippen LogP contribution in [0.15, 0.2) is 65.8 Å². The number of benzene rings is 2. The predicted octanol–water partition coefficient (Wildman–Crippen LogP) is 3.68. The molecule has 4 nitrogen and oxygen atoms in total. The van der Waals surface area contributed by atoms with Gasteiger partial charge in [-0.3, -0.25) is 9.69 Å². The van der Waals surface area contributed by atoms with Gasteiger partial charge in [-0.25, -0.2) is 0 Å². The fraction of sp³-hybridized carbons (Fsp3) is 0.364. The lowest BCUT2D eigenvalue weighted by atomic mass is 9.51. The number of nitrogens with zero attached hydrogens (tertiary/aromatic N) is 2. The predicted molar refractivity (Wildman–Crippen MR) is 102 cm³/mol. The molecule has 0 amide bonds. The zero-order valence-corrected chi connectivity index (χ0v) is 15.2. The Hall–Kier alpha value is -2.46. The van der Waals surface area contributed by atoms with Crippen molar-refractivity contribution >= 4 is 11.5 Å². The van der Waals surface area contributed by atoms with Gasteiger partial charge >= 0.3 is 0 Å². The van der Waals surface area contributed by atoms with E-state index in [2.05, 4.69) is 34.3 Å². The monoisotopic (exact) mass is 348 g/mol. The van der Waals surface area contributed by atoms with E-state index in [4.69, 9.17) is 0 Å². The van der Waals surface area contributed by atoms with Gasteiger partial charge in [-0.15, -0.1) is 0 Å². The Morgan fingerprint density at radius 3 is 1.77 bits per heavy atom. The third-order valence-corrected chi connectivity index (χ3v) is 6.37. The number of hydrogen-bond acceptors (Lipinski definition) is 4. The molecule has 0 aromatic heterocycles. The Bertz CT molecular complexity index is 780. The van der Waals surface area contributed by atoms with Gasteiger partial charge in [0.25, 0.3) is 0 Å². The van der Waals surface area contributed by atoms with Crippen molar-refractivity contribution in [2.24, 2.45) is 11.1 Å². The Morgan fingerprint density at radius 1 is 0.923 bits per heavy atom. The van der Waals surface area contributed by atoms with E-state index in [0.717, 1.165) is 12.8 Å². The van der Waals surface area contributed by atoms with Gasteiger partial charge in [-0.2, -0.15) is 0 Å². The molecule has 26 heavy (non-hydrogen) atoms. The first-order chi connectivity index (χ1) is 12.6. The lowest BCUT2D eigenvalue weighted by Crippen LogP contribution is -2.66. The van der Waals surface area contributed by atoms with Gasteiger partial charge in [-0.1, -0.05) is 65.8 Å². The normalized spacial score (nSPS) is 32.3. The molecule has 1 N–H and O–H groups in total. The second kappa shape index (κ2) is 6.36. The van der Waals surface area contributed by atoms with Crippen molar-refractivity contribution < 1.29 is 10.0 Å². The lowest BCUT2D eigenvalue weighted by molar-refractivity contribution is -0.123. The van der Waals surface area contributed by atoms with Gasteiger partial charge in [0.1, 0.15) is 5.71 Å². The van der Waals surface area contributed by atoms with Crippen LogP contribution in [-0.4, -0.2) is 41.2 Å². The molecular formula is C22H24N2O2. The van der Waals surface area contributed by atoms with E-state index in [-0.39, 0.29) is 23.5 Å². The Balaban J connectivity index is 1.89. The molecule has 0 saturated heterocycles. The van der Waals surface area contributed by atoms with Crippen molar-refractivity contribution in [3.05, 3.63) is 71.8 Å². The summed E-state index contributed by atoms with van der Waals surface area (Å²) >= 11 is 0. The molecule has 3 fully saturated rings. The molecule has 134 valence electrons. The molecule has 2 atom stereocenters. The smallest absolute Gasteiger partial charge is 0.186 e. The summed E-state index contributed by atoms with van der Waals surface area (Å²) in [5.41, 5.74) is 2.16. The molecule has 5 rings (SSSR count). The average molecular weight is 348 g/mol.